The van der Waals surface area contributed by atoms with Gasteiger partial charge in [-0.05, 0) is 50.3 Å². The van der Waals surface area contributed by atoms with Crippen molar-refractivity contribution in [2.45, 2.75) is 51.3 Å². The van der Waals surface area contributed by atoms with E-state index in [0.717, 1.165) is 24.0 Å². The summed E-state index contributed by atoms with van der Waals surface area (Å²) < 4.78 is 5.47. The monoisotopic (exact) mass is 271 g/mol. The molecule has 3 nitrogen and oxygen atoms in total. The summed E-state index contributed by atoms with van der Waals surface area (Å²) in [4.78, 5) is 11.9. The number of esters is 1. The molecule has 1 saturated carbocycles. The van der Waals surface area contributed by atoms with Gasteiger partial charge in [-0.15, -0.1) is 6.42 Å². The summed E-state index contributed by atoms with van der Waals surface area (Å²) in [5.74, 6) is 2.43. The van der Waals surface area contributed by atoms with Crippen molar-refractivity contribution in [3.63, 3.8) is 0 Å². The maximum Gasteiger partial charge on any atom is 0.323 e. The molecule has 2 rings (SSSR count). The first-order chi connectivity index (χ1) is 9.69. The van der Waals surface area contributed by atoms with Gasteiger partial charge in [-0.3, -0.25) is 4.79 Å². The molecule has 0 radical (unpaired) electrons. The molecular weight excluding hydrogens is 250 g/mol. The third-order valence-corrected chi connectivity index (χ3v) is 3.67. The fourth-order valence-corrected chi connectivity index (χ4v) is 2.35. The molecule has 1 unspecified atom stereocenters. The van der Waals surface area contributed by atoms with Gasteiger partial charge in [0.25, 0.3) is 0 Å². The Labute approximate surface area is 120 Å². The molecular formula is C17H21NO2. The third kappa shape index (κ3) is 4.11. The molecule has 0 heterocycles. The van der Waals surface area contributed by atoms with E-state index in [1.54, 1.807) is 0 Å². The zero-order chi connectivity index (χ0) is 14.4. The van der Waals surface area contributed by atoms with E-state index in [9.17, 15) is 4.79 Å². The molecule has 1 aliphatic carbocycles. The lowest BCUT2D eigenvalue weighted by atomic mass is 10.1. The van der Waals surface area contributed by atoms with Crippen LogP contribution in [0.2, 0.25) is 0 Å². The predicted molar refractivity (Wildman–Crippen MR) is 79.0 cm³/mol. The van der Waals surface area contributed by atoms with Gasteiger partial charge in [-0.2, -0.15) is 0 Å². The fourth-order valence-electron chi connectivity index (χ4n) is 2.35. The normalized spacial score (nSPS) is 16.6. The molecule has 106 valence electrons. The third-order valence-electron chi connectivity index (χ3n) is 3.67. The maximum atomic E-state index is 11.9. The lowest BCUT2D eigenvalue weighted by molar-refractivity contribution is -0.150. The van der Waals surface area contributed by atoms with Crippen LogP contribution in [0.4, 0.5) is 0 Å². The average molecular weight is 271 g/mol. The standard InChI is InChI=1S/C17H21NO2/c1-3-14-8-10-15(11-9-14)12-18-13(2)17(19)20-16-6-4-5-7-16/h1,8-11,13,16,18H,4-7,12H2,2H3. The van der Waals surface area contributed by atoms with E-state index in [1.807, 2.05) is 31.2 Å². The molecule has 1 aliphatic rings. The van der Waals surface area contributed by atoms with E-state index in [4.69, 9.17) is 11.2 Å². The summed E-state index contributed by atoms with van der Waals surface area (Å²) in [5.41, 5.74) is 1.96. The van der Waals surface area contributed by atoms with Gasteiger partial charge in [0.05, 0.1) is 0 Å². The largest absolute Gasteiger partial charge is 0.461 e. The molecule has 1 aromatic carbocycles. The van der Waals surface area contributed by atoms with Crippen molar-refractivity contribution in [3.8, 4) is 12.3 Å². The number of hydrogen-bond donors (Lipinski definition) is 1. The topological polar surface area (TPSA) is 38.3 Å². The molecule has 1 fully saturated rings. The van der Waals surface area contributed by atoms with Gasteiger partial charge in [0.2, 0.25) is 0 Å². The quantitative estimate of drug-likeness (QED) is 0.661. The average Bonchev–Trinajstić information content (AvgIpc) is 2.98. The van der Waals surface area contributed by atoms with Crippen LogP contribution in [0.25, 0.3) is 0 Å². The van der Waals surface area contributed by atoms with Crippen LogP contribution in [-0.4, -0.2) is 18.1 Å². The van der Waals surface area contributed by atoms with E-state index in [-0.39, 0.29) is 18.1 Å². The Morgan fingerprint density at radius 3 is 2.65 bits per heavy atom. The zero-order valence-corrected chi connectivity index (χ0v) is 11.9. The van der Waals surface area contributed by atoms with E-state index >= 15 is 0 Å². The van der Waals surface area contributed by atoms with Crippen molar-refractivity contribution in [2.24, 2.45) is 0 Å². The minimum Gasteiger partial charge on any atom is -0.461 e. The van der Waals surface area contributed by atoms with Crippen molar-refractivity contribution in [1.29, 1.82) is 0 Å². The van der Waals surface area contributed by atoms with Crippen LogP contribution in [0.1, 0.15) is 43.7 Å². The minimum absolute atomic E-state index is 0.127. The zero-order valence-electron chi connectivity index (χ0n) is 11.9. The van der Waals surface area contributed by atoms with E-state index in [0.29, 0.717) is 6.54 Å². The number of benzene rings is 1. The second-order valence-electron chi connectivity index (χ2n) is 5.29. The summed E-state index contributed by atoms with van der Waals surface area (Å²) >= 11 is 0. The van der Waals surface area contributed by atoms with Crippen molar-refractivity contribution in [3.05, 3.63) is 35.4 Å². The van der Waals surface area contributed by atoms with Crippen LogP contribution in [0.5, 0.6) is 0 Å². The second kappa shape index (κ2) is 7.12. The van der Waals surface area contributed by atoms with Gasteiger partial charge in [-0.25, -0.2) is 0 Å². The van der Waals surface area contributed by atoms with Crippen molar-refractivity contribution < 1.29 is 9.53 Å². The van der Waals surface area contributed by atoms with E-state index in [1.165, 1.54) is 12.8 Å². The Kier molecular flexibility index (Phi) is 5.20. The van der Waals surface area contributed by atoms with E-state index < -0.39 is 0 Å². The summed E-state index contributed by atoms with van der Waals surface area (Å²) in [7, 11) is 0. The number of nitrogens with one attached hydrogen (secondary N) is 1. The van der Waals surface area contributed by atoms with Gasteiger partial charge in [-0.1, -0.05) is 18.1 Å². The van der Waals surface area contributed by atoms with Gasteiger partial charge >= 0.3 is 5.97 Å². The van der Waals surface area contributed by atoms with Gasteiger partial charge in [0.15, 0.2) is 0 Å². The lowest BCUT2D eigenvalue weighted by Gasteiger charge is -2.17. The summed E-state index contributed by atoms with van der Waals surface area (Å²) in [6.07, 6.45) is 9.79. The summed E-state index contributed by atoms with van der Waals surface area (Å²) in [6, 6.07) is 7.45. The molecule has 0 aromatic heterocycles. The molecule has 0 amide bonds. The number of hydrogen-bond acceptors (Lipinski definition) is 3. The molecule has 3 heteroatoms. The number of carbonyl (C=O) groups excluding carboxylic acids is 1. The molecule has 1 N–H and O–H groups in total. The van der Waals surface area contributed by atoms with Crippen molar-refractivity contribution in [1.82, 2.24) is 5.32 Å². The lowest BCUT2D eigenvalue weighted by Crippen LogP contribution is -2.36. The first-order valence-electron chi connectivity index (χ1n) is 7.18. The number of rotatable bonds is 5. The highest BCUT2D eigenvalue weighted by Crippen LogP contribution is 2.21. The summed E-state index contributed by atoms with van der Waals surface area (Å²) in [6.45, 7) is 2.47. The Bertz CT molecular complexity index is 481. The highest BCUT2D eigenvalue weighted by atomic mass is 16.5. The van der Waals surface area contributed by atoms with Gasteiger partial charge < -0.3 is 10.1 Å². The van der Waals surface area contributed by atoms with Crippen LogP contribution < -0.4 is 5.32 Å². The van der Waals surface area contributed by atoms with E-state index in [2.05, 4.69) is 11.2 Å². The highest BCUT2D eigenvalue weighted by molar-refractivity contribution is 5.75. The molecule has 0 spiro atoms. The molecule has 1 atom stereocenters. The Morgan fingerprint density at radius 2 is 2.05 bits per heavy atom. The molecule has 0 saturated heterocycles. The molecule has 1 aromatic rings. The van der Waals surface area contributed by atoms with Gasteiger partial charge in [0, 0.05) is 12.1 Å². The minimum atomic E-state index is -0.289. The molecule has 0 bridgehead atoms. The second-order valence-corrected chi connectivity index (χ2v) is 5.29. The predicted octanol–water partition coefficient (Wildman–Crippen LogP) is 2.63. The molecule has 20 heavy (non-hydrogen) atoms. The van der Waals surface area contributed by atoms with Crippen LogP contribution in [-0.2, 0) is 16.1 Å². The van der Waals surface area contributed by atoms with Crippen LogP contribution >= 0.6 is 0 Å². The number of ether oxygens (including phenoxy) is 1. The Balaban J connectivity index is 1.77. The van der Waals surface area contributed by atoms with Gasteiger partial charge in [0.1, 0.15) is 12.1 Å². The number of carbonyl (C=O) groups is 1. The smallest absolute Gasteiger partial charge is 0.323 e. The highest BCUT2D eigenvalue weighted by Gasteiger charge is 2.22. The first kappa shape index (κ1) is 14.6. The van der Waals surface area contributed by atoms with Crippen molar-refractivity contribution >= 4 is 5.97 Å². The first-order valence-corrected chi connectivity index (χ1v) is 7.18. The van der Waals surface area contributed by atoms with Crippen LogP contribution in [0, 0.1) is 12.3 Å². The summed E-state index contributed by atoms with van der Waals surface area (Å²) in [5, 5.41) is 3.18. The van der Waals surface area contributed by atoms with Crippen LogP contribution in [0.15, 0.2) is 24.3 Å². The van der Waals surface area contributed by atoms with Crippen molar-refractivity contribution in [2.75, 3.05) is 0 Å². The Morgan fingerprint density at radius 1 is 1.40 bits per heavy atom. The SMILES string of the molecule is C#Cc1ccc(CNC(C)C(=O)OC2CCCC2)cc1. The van der Waals surface area contributed by atoms with Crippen LogP contribution in [0.3, 0.4) is 0 Å². The maximum absolute atomic E-state index is 11.9. The fraction of sp³-hybridized carbons (Fsp3) is 0.471. The number of terminal acetylenes is 1. The molecule has 0 aliphatic heterocycles. The Hall–Kier alpha value is -1.79.